The first-order valence-corrected chi connectivity index (χ1v) is 9.65. The van der Waals surface area contributed by atoms with Gasteiger partial charge in [-0.25, -0.2) is 4.68 Å². The predicted octanol–water partition coefficient (Wildman–Crippen LogP) is 4.65. The lowest BCUT2D eigenvalue weighted by Gasteiger charge is -2.32. The van der Waals surface area contributed by atoms with Crippen LogP contribution in [-0.4, -0.2) is 33.7 Å². The zero-order valence-corrected chi connectivity index (χ0v) is 16.0. The molecule has 4 nitrogen and oxygen atoms in total. The van der Waals surface area contributed by atoms with Gasteiger partial charge in [0.2, 0.25) is 0 Å². The van der Waals surface area contributed by atoms with Gasteiger partial charge in [-0.05, 0) is 64.5 Å². The van der Waals surface area contributed by atoms with Crippen molar-refractivity contribution in [1.82, 2.24) is 14.7 Å². The van der Waals surface area contributed by atoms with Gasteiger partial charge in [-0.15, -0.1) is 0 Å². The topological polar surface area (TPSA) is 38.1 Å². The smallest absolute Gasteiger partial charge is 0.253 e. The van der Waals surface area contributed by atoms with Gasteiger partial charge in [0.25, 0.3) is 5.91 Å². The van der Waals surface area contributed by atoms with E-state index in [-0.39, 0.29) is 5.91 Å². The molecule has 1 amide bonds. The van der Waals surface area contributed by atoms with Gasteiger partial charge in [-0.2, -0.15) is 5.10 Å². The SMILES string of the molecule is O=C(c1ccc(-n2cc(Br)cn2)cc1)N1CCC(c2ccccc2)CC1. The zero-order valence-electron chi connectivity index (χ0n) is 14.4. The lowest BCUT2D eigenvalue weighted by molar-refractivity contribution is 0.0713. The van der Waals surface area contributed by atoms with E-state index in [0.717, 1.165) is 41.7 Å². The van der Waals surface area contributed by atoms with Crippen molar-refractivity contribution >= 4 is 21.8 Å². The number of halogens is 1. The van der Waals surface area contributed by atoms with E-state index in [1.807, 2.05) is 41.4 Å². The van der Waals surface area contributed by atoms with Gasteiger partial charge in [-0.1, -0.05) is 30.3 Å². The summed E-state index contributed by atoms with van der Waals surface area (Å²) in [4.78, 5) is 14.8. The Labute approximate surface area is 161 Å². The molecule has 3 aromatic rings. The number of piperidine rings is 1. The number of carbonyl (C=O) groups excluding carboxylic acids is 1. The molecule has 1 aromatic heterocycles. The molecule has 5 heteroatoms. The van der Waals surface area contributed by atoms with Crippen molar-refractivity contribution in [3.8, 4) is 5.69 Å². The van der Waals surface area contributed by atoms with Gasteiger partial charge in [0.15, 0.2) is 0 Å². The van der Waals surface area contributed by atoms with Crippen LogP contribution < -0.4 is 0 Å². The van der Waals surface area contributed by atoms with Gasteiger partial charge in [0, 0.05) is 24.8 Å². The molecule has 0 aliphatic carbocycles. The molecular formula is C21H20BrN3O. The van der Waals surface area contributed by atoms with Crippen molar-refractivity contribution in [2.24, 2.45) is 0 Å². The normalized spacial score (nSPS) is 15.2. The monoisotopic (exact) mass is 409 g/mol. The van der Waals surface area contributed by atoms with Crippen molar-refractivity contribution in [3.05, 3.63) is 82.6 Å². The molecule has 0 N–H and O–H groups in total. The van der Waals surface area contributed by atoms with E-state index in [9.17, 15) is 4.79 Å². The average Bonchev–Trinajstić information content (AvgIpc) is 3.15. The second kappa shape index (κ2) is 7.46. The summed E-state index contributed by atoms with van der Waals surface area (Å²) in [7, 11) is 0. The molecular weight excluding hydrogens is 390 g/mol. The molecule has 132 valence electrons. The average molecular weight is 410 g/mol. The third-order valence-corrected chi connectivity index (χ3v) is 5.39. The van der Waals surface area contributed by atoms with Crippen molar-refractivity contribution in [2.75, 3.05) is 13.1 Å². The first kappa shape index (κ1) is 17.0. The largest absolute Gasteiger partial charge is 0.339 e. The first-order chi connectivity index (χ1) is 12.7. The maximum absolute atomic E-state index is 12.8. The van der Waals surface area contributed by atoms with Gasteiger partial charge in [-0.3, -0.25) is 4.79 Å². The van der Waals surface area contributed by atoms with E-state index in [0.29, 0.717) is 5.92 Å². The summed E-state index contributed by atoms with van der Waals surface area (Å²) in [5.74, 6) is 0.672. The van der Waals surface area contributed by atoms with Crippen LogP contribution >= 0.6 is 15.9 Å². The Bertz CT molecular complexity index is 881. The summed E-state index contributed by atoms with van der Waals surface area (Å²) in [6.45, 7) is 1.62. The van der Waals surface area contributed by atoms with E-state index < -0.39 is 0 Å². The van der Waals surface area contributed by atoms with Crippen molar-refractivity contribution in [3.63, 3.8) is 0 Å². The molecule has 0 unspecified atom stereocenters. The highest BCUT2D eigenvalue weighted by Crippen LogP contribution is 2.28. The van der Waals surface area contributed by atoms with Crippen LogP contribution in [0.2, 0.25) is 0 Å². The second-order valence-corrected chi connectivity index (χ2v) is 7.54. The molecule has 1 aliphatic heterocycles. The van der Waals surface area contributed by atoms with Crippen LogP contribution in [0.15, 0.2) is 71.5 Å². The lowest BCUT2D eigenvalue weighted by Crippen LogP contribution is -2.37. The molecule has 0 bridgehead atoms. The van der Waals surface area contributed by atoms with Gasteiger partial charge in [0.1, 0.15) is 0 Å². The standard InChI is InChI=1S/C21H20BrN3O/c22-19-14-23-25(15-19)20-8-6-18(7-9-20)21(26)24-12-10-17(11-13-24)16-4-2-1-3-5-16/h1-9,14-15,17H,10-13H2. The lowest BCUT2D eigenvalue weighted by atomic mass is 9.89. The van der Waals surface area contributed by atoms with Crippen molar-refractivity contribution in [1.29, 1.82) is 0 Å². The van der Waals surface area contributed by atoms with Crippen LogP contribution in [-0.2, 0) is 0 Å². The number of benzene rings is 2. The van der Waals surface area contributed by atoms with E-state index in [1.165, 1.54) is 5.56 Å². The number of carbonyl (C=O) groups is 1. The van der Waals surface area contributed by atoms with E-state index in [4.69, 9.17) is 0 Å². The minimum absolute atomic E-state index is 0.115. The summed E-state index contributed by atoms with van der Waals surface area (Å²) in [6, 6.07) is 18.2. The highest BCUT2D eigenvalue weighted by molar-refractivity contribution is 9.10. The molecule has 26 heavy (non-hydrogen) atoms. The fraction of sp³-hybridized carbons (Fsp3) is 0.238. The van der Waals surface area contributed by atoms with E-state index in [1.54, 1.807) is 10.9 Å². The molecule has 1 aliphatic rings. The number of nitrogens with zero attached hydrogens (tertiary/aromatic N) is 3. The number of likely N-dealkylation sites (tertiary alicyclic amines) is 1. The summed E-state index contributed by atoms with van der Waals surface area (Å²) >= 11 is 3.40. The van der Waals surface area contributed by atoms with Gasteiger partial charge >= 0.3 is 0 Å². The quantitative estimate of drug-likeness (QED) is 0.630. The summed E-state index contributed by atoms with van der Waals surface area (Å²) in [6.07, 6.45) is 5.69. The summed E-state index contributed by atoms with van der Waals surface area (Å²) < 4.78 is 2.71. The molecule has 0 radical (unpaired) electrons. The molecule has 1 saturated heterocycles. The van der Waals surface area contributed by atoms with E-state index >= 15 is 0 Å². The molecule has 2 heterocycles. The molecule has 0 saturated carbocycles. The predicted molar refractivity (Wildman–Crippen MR) is 106 cm³/mol. The fourth-order valence-electron chi connectivity index (χ4n) is 3.52. The van der Waals surface area contributed by atoms with Crippen LogP contribution in [0.25, 0.3) is 5.69 Å². The fourth-order valence-corrected chi connectivity index (χ4v) is 3.81. The Balaban J connectivity index is 1.40. The number of aromatic nitrogens is 2. The van der Waals surface area contributed by atoms with Crippen LogP contribution in [0.1, 0.15) is 34.7 Å². The third kappa shape index (κ3) is 3.58. The first-order valence-electron chi connectivity index (χ1n) is 8.85. The van der Waals surface area contributed by atoms with Crippen molar-refractivity contribution < 1.29 is 4.79 Å². The van der Waals surface area contributed by atoms with Gasteiger partial charge < -0.3 is 4.90 Å². The summed E-state index contributed by atoms with van der Waals surface area (Å²) in [5, 5.41) is 4.26. The highest BCUT2D eigenvalue weighted by Gasteiger charge is 2.24. The Morgan fingerprint density at radius 3 is 2.31 bits per heavy atom. The Hall–Kier alpha value is -2.40. The Kier molecular flexibility index (Phi) is 4.89. The molecule has 1 fully saturated rings. The number of hydrogen-bond acceptors (Lipinski definition) is 2. The van der Waals surface area contributed by atoms with Crippen LogP contribution in [0, 0.1) is 0 Å². The zero-order chi connectivity index (χ0) is 17.9. The summed E-state index contributed by atoms with van der Waals surface area (Å²) in [5.41, 5.74) is 3.06. The Morgan fingerprint density at radius 1 is 1.00 bits per heavy atom. The maximum Gasteiger partial charge on any atom is 0.253 e. The molecule has 0 spiro atoms. The van der Waals surface area contributed by atoms with Crippen molar-refractivity contribution in [2.45, 2.75) is 18.8 Å². The minimum Gasteiger partial charge on any atom is -0.339 e. The number of amides is 1. The van der Waals surface area contributed by atoms with Crippen LogP contribution in [0.3, 0.4) is 0 Å². The second-order valence-electron chi connectivity index (χ2n) is 6.63. The molecule has 2 aromatic carbocycles. The molecule has 0 atom stereocenters. The maximum atomic E-state index is 12.8. The Morgan fingerprint density at radius 2 is 1.69 bits per heavy atom. The van der Waals surface area contributed by atoms with Gasteiger partial charge in [0.05, 0.1) is 16.4 Å². The third-order valence-electron chi connectivity index (χ3n) is 4.98. The molecule has 4 rings (SSSR count). The highest BCUT2D eigenvalue weighted by atomic mass is 79.9. The van der Waals surface area contributed by atoms with E-state index in [2.05, 4.69) is 45.3 Å². The number of rotatable bonds is 3. The van der Waals surface area contributed by atoms with Crippen LogP contribution in [0.5, 0.6) is 0 Å². The number of hydrogen-bond donors (Lipinski definition) is 0. The minimum atomic E-state index is 0.115. The van der Waals surface area contributed by atoms with Crippen LogP contribution in [0.4, 0.5) is 0 Å².